The highest BCUT2D eigenvalue weighted by molar-refractivity contribution is 5.97. The molecule has 81 heavy (non-hydrogen) atoms. The van der Waals surface area contributed by atoms with Gasteiger partial charge in [-0.15, -0.1) is 0 Å². The van der Waals surface area contributed by atoms with E-state index < -0.39 is 60.1 Å². The molecule has 432 valence electrons. The van der Waals surface area contributed by atoms with E-state index in [1.54, 1.807) is 69.6 Å². The first-order chi connectivity index (χ1) is 39.3. The number of aryl methyl sites for hydroxylation is 2. The van der Waals surface area contributed by atoms with Gasteiger partial charge >= 0.3 is 0 Å². The van der Waals surface area contributed by atoms with Crippen LogP contribution in [-0.2, 0) is 41.6 Å². The number of hydrogen-bond donors (Lipinski definition) is 8. The van der Waals surface area contributed by atoms with Crippen molar-refractivity contribution in [3.8, 4) is 0 Å². The van der Waals surface area contributed by atoms with Crippen LogP contribution in [0.25, 0.3) is 0 Å². The van der Waals surface area contributed by atoms with Crippen molar-refractivity contribution >= 4 is 47.3 Å². The second-order valence-corrected chi connectivity index (χ2v) is 22.2. The summed E-state index contributed by atoms with van der Waals surface area (Å²) < 4.78 is 0. The van der Waals surface area contributed by atoms with Gasteiger partial charge in [0, 0.05) is 36.3 Å². The monoisotopic (exact) mass is 1110 g/mol. The minimum Gasteiger partial charge on any atom is -0.347 e. The zero-order chi connectivity index (χ0) is 57.4. The van der Waals surface area contributed by atoms with Gasteiger partial charge in [-0.25, -0.2) is 0 Å². The lowest BCUT2D eigenvalue weighted by Gasteiger charge is -2.32. The molecule has 2 heterocycles. The summed E-state index contributed by atoms with van der Waals surface area (Å²) in [6.45, 7) is 3.70. The van der Waals surface area contributed by atoms with E-state index in [4.69, 9.17) is 0 Å². The van der Waals surface area contributed by atoms with Gasteiger partial charge in [-0.2, -0.15) is 0 Å². The second kappa shape index (κ2) is 28.8. The first-order valence-corrected chi connectivity index (χ1v) is 29.3. The molecule has 4 aromatic carbocycles. The summed E-state index contributed by atoms with van der Waals surface area (Å²) in [5, 5.41) is 24.6. The quantitative estimate of drug-likeness (QED) is 0.0433. The number of nitrogens with zero attached hydrogens (tertiary/aromatic N) is 2. The molecule has 2 aliphatic heterocycles. The Kier molecular flexibility index (Phi) is 21.2. The molecule has 8 rings (SSSR count). The predicted molar refractivity (Wildman–Crippen MR) is 309 cm³/mol. The summed E-state index contributed by atoms with van der Waals surface area (Å²) in [4.78, 5) is 116. The van der Waals surface area contributed by atoms with E-state index in [1.165, 1.54) is 20.9 Å². The van der Waals surface area contributed by atoms with Gasteiger partial charge in [0.15, 0.2) is 0 Å². The van der Waals surface area contributed by atoms with Crippen LogP contribution in [0, 0.1) is 0 Å². The Hall–Kier alpha value is -7.44. The molecule has 4 aliphatic rings. The number of carbonyl (C=O) groups excluding carboxylic acids is 8. The highest BCUT2D eigenvalue weighted by Crippen LogP contribution is 2.33. The van der Waals surface area contributed by atoms with Gasteiger partial charge in [0.25, 0.3) is 11.8 Å². The summed E-state index contributed by atoms with van der Waals surface area (Å²) in [5.41, 5.74) is 5.37. The molecular formula is C63H82N10O8. The number of likely N-dealkylation sites (N-methyl/N-ethyl adjacent to an activating group) is 2. The molecule has 2 aliphatic carbocycles. The molecule has 0 bridgehead atoms. The summed E-state index contributed by atoms with van der Waals surface area (Å²) >= 11 is 0. The first kappa shape index (κ1) is 59.7. The molecule has 0 saturated carbocycles. The average molecular weight is 1110 g/mol. The minimum atomic E-state index is -1.00. The Morgan fingerprint density at radius 2 is 0.926 bits per heavy atom. The molecule has 10 atom stereocenters. The number of amides is 8. The van der Waals surface area contributed by atoms with E-state index in [1.807, 2.05) is 55.5 Å². The molecule has 2 saturated heterocycles. The second-order valence-electron chi connectivity index (χ2n) is 22.2. The highest BCUT2D eigenvalue weighted by Gasteiger charge is 2.45. The van der Waals surface area contributed by atoms with Gasteiger partial charge in [0.05, 0.1) is 24.2 Å². The van der Waals surface area contributed by atoms with Gasteiger partial charge in [-0.1, -0.05) is 118 Å². The molecule has 2 fully saturated rings. The Morgan fingerprint density at radius 3 is 1.35 bits per heavy atom. The fraction of sp³-hybridized carbons (Fsp3) is 0.492. The zero-order valence-corrected chi connectivity index (χ0v) is 47.3. The third kappa shape index (κ3) is 15.3. The van der Waals surface area contributed by atoms with Crippen molar-refractivity contribution in [1.29, 1.82) is 0 Å². The van der Waals surface area contributed by atoms with Crippen LogP contribution >= 0.6 is 0 Å². The first-order valence-electron chi connectivity index (χ1n) is 29.3. The van der Waals surface area contributed by atoms with E-state index in [0.29, 0.717) is 43.2 Å². The number of benzene rings is 4. The molecular weight excluding hydrogens is 1020 g/mol. The standard InChI is InChI=1S/C63H82N10O8/c1-5-49(65-4)59(77)71-53(63(81)73-39-46(67-58(76)44-26-12-9-13-27-44)37-55(73)61(79)69-51-35-21-29-42-23-17-19-31-48(42)51)33-15-7-6-14-32-52(70-56(74)40(2)64-3)62(80)72-38-45(66-57(75)43-24-10-8-11-25-43)36-54(72)60(78)68-50-34-20-28-41-22-16-18-30-47(41)50/h8-13,16-19,22-27,30-31,40,45-46,49-55,64-65H,5-7,14-15,20-21,28-29,32-39H2,1-4H3,(H,66,75)(H,67,76)(H,68,78)(H,69,79)(H,70,74)(H,71,77)/t40-,45-,46-,49-,50?,51+,52-,53-,54-,55-/m0/s1. The van der Waals surface area contributed by atoms with Crippen molar-refractivity contribution in [3.63, 3.8) is 0 Å². The van der Waals surface area contributed by atoms with E-state index in [0.717, 1.165) is 49.7 Å². The molecule has 18 nitrogen and oxygen atoms in total. The summed E-state index contributed by atoms with van der Waals surface area (Å²) in [7, 11) is 3.34. The number of fused-ring (bicyclic) bond motifs is 2. The van der Waals surface area contributed by atoms with E-state index in [2.05, 4.69) is 54.7 Å². The molecule has 0 aromatic heterocycles. The normalized spacial score (nSPS) is 21.7. The van der Waals surface area contributed by atoms with Crippen molar-refractivity contribution < 1.29 is 38.4 Å². The predicted octanol–water partition coefficient (Wildman–Crippen LogP) is 5.09. The largest absolute Gasteiger partial charge is 0.347 e. The number of hydrogen-bond acceptors (Lipinski definition) is 10. The Bertz CT molecular complexity index is 2830. The minimum absolute atomic E-state index is 0.0620. The van der Waals surface area contributed by atoms with Gasteiger partial charge < -0.3 is 52.3 Å². The number of carbonyl (C=O) groups is 8. The number of likely N-dealkylation sites (tertiary alicyclic amines) is 2. The average Bonchev–Trinajstić information content (AvgIpc) is 4.37. The fourth-order valence-electron chi connectivity index (χ4n) is 12.1. The van der Waals surface area contributed by atoms with Gasteiger partial charge in [-0.05, 0) is 138 Å². The summed E-state index contributed by atoms with van der Waals surface area (Å²) in [6.07, 6.45) is 8.62. The van der Waals surface area contributed by atoms with Crippen LogP contribution in [0.3, 0.4) is 0 Å². The maximum absolute atomic E-state index is 15.0. The van der Waals surface area contributed by atoms with Crippen molar-refractivity contribution in [2.24, 2.45) is 0 Å². The topological polar surface area (TPSA) is 239 Å². The Morgan fingerprint density at radius 1 is 0.506 bits per heavy atom. The summed E-state index contributed by atoms with van der Waals surface area (Å²) in [6, 6.07) is 27.1. The molecule has 0 spiro atoms. The van der Waals surface area contributed by atoms with Crippen molar-refractivity contribution in [1.82, 2.24) is 52.3 Å². The Labute approximate surface area is 476 Å². The third-order valence-electron chi connectivity index (χ3n) is 16.8. The third-order valence-corrected chi connectivity index (χ3v) is 16.8. The van der Waals surface area contributed by atoms with E-state index in [9.17, 15) is 33.6 Å². The molecule has 8 amide bonds. The lowest BCUT2D eigenvalue weighted by atomic mass is 9.87. The Balaban J connectivity index is 0.961. The molecule has 4 aromatic rings. The van der Waals surface area contributed by atoms with Gasteiger partial charge in [0.2, 0.25) is 35.4 Å². The summed E-state index contributed by atoms with van der Waals surface area (Å²) in [5.74, 6) is -2.86. The lowest BCUT2D eigenvalue weighted by molar-refractivity contribution is -0.142. The van der Waals surface area contributed by atoms with Crippen LogP contribution in [0.15, 0.2) is 109 Å². The van der Waals surface area contributed by atoms with Crippen molar-refractivity contribution in [2.45, 2.75) is 171 Å². The van der Waals surface area contributed by atoms with Crippen LogP contribution in [0.5, 0.6) is 0 Å². The maximum atomic E-state index is 15.0. The number of nitrogens with one attached hydrogen (secondary N) is 8. The smallest absolute Gasteiger partial charge is 0.251 e. The van der Waals surface area contributed by atoms with Gasteiger partial charge in [-0.3, -0.25) is 38.4 Å². The van der Waals surface area contributed by atoms with Crippen LogP contribution < -0.4 is 42.5 Å². The maximum Gasteiger partial charge on any atom is 0.251 e. The van der Waals surface area contributed by atoms with Crippen LogP contribution in [-0.4, -0.2) is 133 Å². The van der Waals surface area contributed by atoms with Crippen molar-refractivity contribution in [3.05, 3.63) is 143 Å². The molecule has 0 radical (unpaired) electrons. The molecule has 18 heteroatoms. The number of rotatable bonds is 24. The highest BCUT2D eigenvalue weighted by atomic mass is 16.2. The van der Waals surface area contributed by atoms with Crippen molar-refractivity contribution in [2.75, 3.05) is 27.2 Å². The van der Waals surface area contributed by atoms with Gasteiger partial charge in [0.1, 0.15) is 24.2 Å². The molecule has 8 N–H and O–H groups in total. The zero-order valence-electron chi connectivity index (χ0n) is 47.3. The van der Waals surface area contributed by atoms with Crippen LogP contribution in [0.1, 0.15) is 152 Å². The number of unbranched alkanes of at least 4 members (excludes halogenated alkanes) is 3. The lowest BCUT2D eigenvalue weighted by Crippen LogP contribution is -2.56. The fourth-order valence-corrected chi connectivity index (χ4v) is 12.1. The SMILES string of the molecule is CC[C@H](NC)C(=O)N[C@@H](CCCCCC[C@H](NC(=O)[C@H](C)NC)C(=O)N1C[C@@H](NC(=O)c2ccccc2)C[C@H]1C(=O)NC1CCCc2ccccc21)C(=O)N1C[C@@H](NC(=O)c2ccccc2)C[C@H]1C(=O)N[C@@H]1CCCc2ccccc21. The molecule has 1 unspecified atom stereocenters. The van der Waals surface area contributed by atoms with Crippen LogP contribution in [0.4, 0.5) is 0 Å². The van der Waals surface area contributed by atoms with E-state index >= 15 is 4.79 Å². The van der Waals surface area contributed by atoms with Crippen LogP contribution in [0.2, 0.25) is 0 Å². The van der Waals surface area contributed by atoms with E-state index in [-0.39, 0.29) is 86.3 Å².